The molecule has 0 spiro atoms. The largest absolute Gasteiger partial charge is 0.465 e. The third-order valence-corrected chi connectivity index (χ3v) is 3.94. The van der Waals surface area contributed by atoms with Gasteiger partial charge < -0.3 is 9.84 Å². The predicted molar refractivity (Wildman–Crippen MR) is 88.3 cm³/mol. The molecule has 0 aromatic heterocycles. The van der Waals surface area contributed by atoms with Crippen molar-refractivity contribution in [1.82, 2.24) is 0 Å². The molecule has 1 unspecified atom stereocenters. The zero-order valence-corrected chi connectivity index (χ0v) is 14.2. The van der Waals surface area contributed by atoms with Crippen LogP contribution in [-0.2, 0) is 9.53 Å². The third-order valence-electron chi connectivity index (χ3n) is 3.94. The Kier molecular flexibility index (Phi) is 15.4. The Morgan fingerprint density at radius 2 is 1.48 bits per heavy atom. The van der Waals surface area contributed by atoms with Gasteiger partial charge in [0, 0.05) is 6.61 Å². The standard InChI is InChI=1S/C18H36O3/c1-3-5-7-10-14-17(13-6-4-2)18(20)21-16-12-9-8-11-15-19/h17,19H,3-16H2,1-2H3. The molecule has 3 nitrogen and oxygen atoms in total. The monoisotopic (exact) mass is 300 g/mol. The zero-order chi connectivity index (χ0) is 15.8. The molecule has 0 aromatic carbocycles. The number of ether oxygens (including phenoxy) is 1. The summed E-state index contributed by atoms with van der Waals surface area (Å²) in [6, 6.07) is 0. The highest BCUT2D eigenvalue weighted by Gasteiger charge is 2.18. The number of hydrogen-bond donors (Lipinski definition) is 1. The molecule has 0 rings (SSSR count). The van der Waals surface area contributed by atoms with Crippen LogP contribution in [0.3, 0.4) is 0 Å². The Morgan fingerprint density at radius 1 is 0.857 bits per heavy atom. The lowest BCUT2D eigenvalue weighted by atomic mass is 9.95. The highest BCUT2D eigenvalue weighted by molar-refractivity contribution is 5.72. The predicted octanol–water partition coefficient (Wildman–Crippen LogP) is 4.86. The van der Waals surface area contributed by atoms with Crippen LogP contribution in [-0.4, -0.2) is 24.3 Å². The number of rotatable bonds is 15. The Balaban J connectivity index is 3.83. The number of aliphatic hydroxyl groups is 1. The van der Waals surface area contributed by atoms with Crippen molar-refractivity contribution in [2.75, 3.05) is 13.2 Å². The number of carbonyl (C=O) groups is 1. The van der Waals surface area contributed by atoms with Crippen LogP contribution >= 0.6 is 0 Å². The maximum atomic E-state index is 12.1. The molecule has 0 saturated heterocycles. The van der Waals surface area contributed by atoms with E-state index in [0.717, 1.165) is 57.8 Å². The second-order valence-corrected chi connectivity index (χ2v) is 5.99. The van der Waals surface area contributed by atoms with E-state index in [9.17, 15) is 4.79 Å². The molecule has 0 aromatic rings. The summed E-state index contributed by atoms with van der Waals surface area (Å²) in [5, 5.41) is 8.70. The lowest BCUT2D eigenvalue weighted by Gasteiger charge is -2.15. The van der Waals surface area contributed by atoms with Crippen molar-refractivity contribution in [2.45, 2.75) is 90.9 Å². The SMILES string of the molecule is CCCCCCC(CCCC)C(=O)OCCCCCCO. The lowest BCUT2D eigenvalue weighted by Crippen LogP contribution is -2.18. The molecule has 21 heavy (non-hydrogen) atoms. The summed E-state index contributed by atoms with van der Waals surface area (Å²) in [6.07, 6.45) is 12.9. The number of carbonyl (C=O) groups excluding carboxylic acids is 1. The van der Waals surface area contributed by atoms with Crippen molar-refractivity contribution in [3.05, 3.63) is 0 Å². The number of esters is 1. The summed E-state index contributed by atoms with van der Waals surface area (Å²) in [7, 11) is 0. The van der Waals surface area contributed by atoms with Crippen molar-refractivity contribution in [1.29, 1.82) is 0 Å². The van der Waals surface area contributed by atoms with E-state index >= 15 is 0 Å². The van der Waals surface area contributed by atoms with Crippen LogP contribution in [0.4, 0.5) is 0 Å². The fraction of sp³-hybridized carbons (Fsp3) is 0.944. The fourth-order valence-electron chi connectivity index (χ4n) is 2.51. The van der Waals surface area contributed by atoms with Gasteiger partial charge in [0.15, 0.2) is 0 Å². The van der Waals surface area contributed by atoms with Gasteiger partial charge in [0.2, 0.25) is 0 Å². The molecule has 0 aliphatic heterocycles. The molecule has 3 heteroatoms. The average molecular weight is 300 g/mol. The summed E-state index contributed by atoms with van der Waals surface area (Å²) in [5.41, 5.74) is 0. The van der Waals surface area contributed by atoms with Crippen LogP contribution in [0.15, 0.2) is 0 Å². The van der Waals surface area contributed by atoms with E-state index in [2.05, 4.69) is 13.8 Å². The van der Waals surface area contributed by atoms with Gasteiger partial charge in [-0.15, -0.1) is 0 Å². The molecule has 0 aliphatic carbocycles. The molecule has 0 heterocycles. The van der Waals surface area contributed by atoms with Crippen LogP contribution < -0.4 is 0 Å². The zero-order valence-electron chi connectivity index (χ0n) is 14.2. The van der Waals surface area contributed by atoms with E-state index in [1.54, 1.807) is 0 Å². The minimum atomic E-state index is 0.0158. The van der Waals surface area contributed by atoms with Crippen LogP contribution in [0, 0.1) is 5.92 Å². The fourth-order valence-corrected chi connectivity index (χ4v) is 2.51. The molecule has 0 saturated carbocycles. The van der Waals surface area contributed by atoms with Gasteiger partial charge >= 0.3 is 5.97 Å². The van der Waals surface area contributed by atoms with Gasteiger partial charge in [-0.1, -0.05) is 58.8 Å². The lowest BCUT2D eigenvalue weighted by molar-refractivity contribution is -0.149. The normalized spacial score (nSPS) is 12.3. The van der Waals surface area contributed by atoms with Gasteiger partial charge in [-0.3, -0.25) is 4.79 Å². The van der Waals surface area contributed by atoms with E-state index < -0.39 is 0 Å². The molecule has 0 radical (unpaired) electrons. The Morgan fingerprint density at radius 3 is 2.14 bits per heavy atom. The van der Waals surface area contributed by atoms with Crippen LogP contribution in [0.25, 0.3) is 0 Å². The highest BCUT2D eigenvalue weighted by atomic mass is 16.5. The number of unbranched alkanes of at least 4 members (excludes halogenated alkanes) is 7. The molecule has 0 fully saturated rings. The van der Waals surface area contributed by atoms with E-state index in [1.165, 1.54) is 19.3 Å². The average Bonchev–Trinajstić information content (AvgIpc) is 2.49. The molecule has 1 N–H and O–H groups in total. The Hall–Kier alpha value is -0.570. The van der Waals surface area contributed by atoms with Crippen molar-refractivity contribution in [3.63, 3.8) is 0 Å². The highest BCUT2D eigenvalue weighted by Crippen LogP contribution is 2.19. The summed E-state index contributed by atoms with van der Waals surface area (Å²) in [5.74, 6) is 0.126. The number of hydrogen-bond acceptors (Lipinski definition) is 3. The van der Waals surface area contributed by atoms with Gasteiger partial charge in [0.25, 0.3) is 0 Å². The van der Waals surface area contributed by atoms with Gasteiger partial charge in [-0.05, 0) is 32.1 Å². The first-order valence-electron chi connectivity index (χ1n) is 9.03. The van der Waals surface area contributed by atoms with Crippen LogP contribution in [0.2, 0.25) is 0 Å². The van der Waals surface area contributed by atoms with Crippen molar-refractivity contribution in [3.8, 4) is 0 Å². The summed E-state index contributed by atoms with van der Waals surface area (Å²) in [4.78, 5) is 12.1. The summed E-state index contributed by atoms with van der Waals surface area (Å²) in [6.45, 7) is 5.18. The number of aliphatic hydroxyl groups excluding tert-OH is 1. The molecule has 0 aliphatic rings. The summed E-state index contributed by atoms with van der Waals surface area (Å²) >= 11 is 0. The van der Waals surface area contributed by atoms with E-state index in [-0.39, 0.29) is 18.5 Å². The topological polar surface area (TPSA) is 46.5 Å². The second-order valence-electron chi connectivity index (χ2n) is 5.99. The molecule has 0 amide bonds. The van der Waals surface area contributed by atoms with Gasteiger partial charge in [0.05, 0.1) is 12.5 Å². The summed E-state index contributed by atoms with van der Waals surface area (Å²) < 4.78 is 5.44. The van der Waals surface area contributed by atoms with E-state index in [1.807, 2.05) is 0 Å². The minimum Gasteiger partial charge on any atom is -0.465 e. The van der Waals surface area contributed by atoms with Crippen molar-refractivity contribution >= 4 is 5.97 Å². The molecule has 126 valence electrons. The molecule has 1 atom stereocenters. The van der Waals surface area contributed by atoms with E-state index in [0.29, 0.717) is 6.61 Å². The van der Waals surface area contributed by atoms with E-state index in [4.69, 9.17) is 9.84 Å². The van der Waals surface area contributed by atoms with Crippen molar-refractivity contribution < 1.29 is 14.6 Å². The van der Waals surface area contributed by atoms with Gasteiger partial charge in [0.1, 0.15) is 0 Å². The van der Waals surface area contributed by atoms with Gasteiger partial charge in [-0.2, -0.15) is 0 Å². The van der Waals surface area contributed by atoms with Crippen LogP contribution in [0.5, 0.6) is 0 Å². The van der Waals surface area contributed by atoms with Crippen LogP contribution in [0.1, 0.15) is 90.9 Å². The molecular formula is C18H36O3. The van der Waals surface area contributed by atoms with Crippen molar-refractivity contribution in [2.24, 2.45) is 5.92 Å². The molecular weight excluding hydrogens is 264 g/mol. The molecule has 0 bridgehead atoms. The Labute approximate surface area is 131 Å². The van der Waals surface area contributed by atoms with Gasteiger partial charge in [-0.25, -0.2) is 0 Å². The third kappa shape index (κ3) is 12.9. The first-order chi connectivity index (χ1) is 10.3. The first kappa shape index (κ1) is 20.4. The first-order valence-corrected chi connectivity index (χ1v) is 9.03. The minimum absolute atomic E-state index is 0.0158. The second kappa shape index (κ2) is 15.8. The smallest absolute Gasteiger partial charge is 0.308 e. The maximum Gasteiger partial charge on any atom is 0.308 e. The maximum absolute atomic E-state index is 12.1. The quantitative estimate of drug-likeness (QED) is 0.347. The Bertz CT molecular complexity index is 229.